The zero-order chi connectivity index (χ0) is 25.3. The number of aromatic nitrogens is 2. The maximum Gasteiger partial charge on any atom is 0.371 e. The molecule has 1 aliphatic rings. The van der Waals surface area contributed by atoms with E-state index >= 15 is 0 Å². The van der Waals surface area contributed by atoms with Gasteiger partial charge in [0.05, 0.1) is 11.6 Å². The lowest BCUT2D eigenvalue weighted by atomic mass is 9.86. The second-order valence-electron chi connectivity index (χ2n) is 9.99. The summed E-state index contributed by atoms with van der Waals surface area (Å²) < 4.78 is 5.30. The fraction of sp³-hybridized carbons (Fsp3) is 0.458. The number of nitrogens with one attached hydrogen (secondary N) is 3. The summed E-state index contributed by atoms with van der Waals surface area (Å²) in [6.07, 6.45) is 0. The number of hydrogen-bond acceptors (Lipinski definition) is 8. The molecule has 35 heavy (non-hydrogen) atoms. The summed E-state index contributed by atoms with van der Waals surface area (Å²) in [4.78, 5) is 31.7. The van der Waals surface area contributed by atoms with Gasteiger partial charge in [0.1, 0.15) is 5.69 Å². The molecule has 1 atom stereocenters. The molecule has 3 heterocycles. The van der Waals surface area contributed by atoms with E-state index in [9.17, 15) is 14.8 Å². The Bertz CT molecular complexity index is 1250. The zero-order valence-electron chi connectivity index (χ0n) is 20.7. The molecule has 0 saturated carbocycles. The summed E-state index contributed by atoms with van der Waals surface area (Å²) in [6, 6.07) is 8.88. The monoisotopic (exact) mass is 501 g/mol. The van der Waals surface area contributed by atoms with Gasteiger partial charge >= 0.3 is 5.82 Å². The molecule has 0 aliphatic carbocycles. The maximum absolute atomic E-state index is 13.0. The van der Waals surface area contributed by atoms with E-state index in [1.54, 1.807) is 34.4 Å². The molecular formula is C24H33N6O4S+. The molecule has 3 aromatic rings. The topological polar surface area (TPSA) is 120 Å². The SMILES string of the molecule is Cc1ccc([C@H](Nc2[nH]o[n+](=O)c2Nc2cccc(C(=O)N3CCN(C)CC3)c2O)C(C)(C)C)s1. The number of carbonyl (C=O) groups is 1. The van der Waals surface area contributed by atoms with Crippen LogP contribution in [0, 0.1) is 17.2 Å². The first-order valence-electron chi connectivity index (χ1n) is 11.6. The lowest BCUT2D eigenvalue weighted by Crippen LogP contribution is -2.47. The van der Waals surface area contributed by atoms with Gasteiger partial charge in [0.25, 0.3) is 11.7 Å². The molecule has 0 radical (unpaired) electrons. The standard InChI is InChI=1S/C24H32N6O4S/c1-15-9-10-18(35-15)20(24(2,3)4)26-21-22(30(33)34-27-21)25-17-8-6-7-16(19(17)31)23(32)29-13-11-28(5)12-14-29/h6-10,20,25H,11-14H2,1-5H3,(H2-,26,27,31,32,33)/p+1/t20-/m0/s1. The minimum Gasteiger partial charge on any atom is -0.504 e. The number of thiophene rings is 1. The highest BCUT2D eigenvalue weighted by Gasteiger charge is 2.32. The molecule has 11 heteroatoms. The number of phenols is 1. The number of carbonyl (C=O) groups excluding carboxylic acids is 1. The molecule has 188 valence electrons. The lowest BCUT2D eigenvalue weighted by molar-refractivity contribution is -0.701. The van der Waals surface area contributed by atoms with Crippen LogP contribution in [-0.2, 0) is 0 Å². The van der Waals surface area contributed by atoms with E-state index in [0.29, 0.717) is 23.5 Å². The Morgan fingerprint density at radius 2 is 1.91 bits per heavy atom. The van der Waals surface area contributed by atoms with Crippen molar-refractivity contribution in [3.05, 3.63) is 50.6 Å². The third-order valence-electron chi connectivity index (χ3n) is 6.16. The number of aromatic amines is 1. The molecule has 0 spiro atoms. The summed E-state index contributed by atoms with van der Waals surface area (Å²) in [5.41, 5.74) is 0.233. The number of benzene rings is 1. The first-order chi connectivity index (χ1) is 16.5. The van der Waals surface area contributed by atoms with Crippen LogP contribution < -0.4 is 15.2 Å². The van der Waals surface area contributed by atoms with E-state index in [1.165, 1.54) is 4.88 Å². The van der Waals surface area contributed by atoms with Gasteiger partial charge in [-0.15, -0.1) is 16.0 Å². The third kappa shape index (κ3) is 5.35. The van der Waals surface area contributed by atoms with Crippen molar-refractivity contribution in [3.63, 3.8) is 0 Å². The van der Waals surface area contributed by atoms with Crippen molar-refractivity contribution in [3.8, 4) is 5.75 Å². The number of para-hydroxylation sites is 1. The number of likely N-dealkylation sites (N-methyl/N-ethyl adjacent to an activating group) is 1. The number of rotatable bonds is 6. The summed E-state index contributed by atoms with van der Waals surface area (Å²) in [5, 5.41) is 19.9. The van der Waals surface area contributed by atoms with E-state index in [2.05, 4.69) is 60.5 Å². The van der Waals surface area contributed by atoms with Crippen molar-refractivity contribution in [2.24, 2.45) is 5.41 Å². The van der Waals surface area contributed by atoms with Gasteiger partial charge in [-0.25, -0.2) is 0 Å². The minimum atomic E-state index is -0.243. The van der Waals surface area contributed by atoms with Crippen molar-refractivity contribution < 1.29 is 19.1 Å². The number of amides is 1. The van der Waals surface area contributed by atoms with Gasteiger partial charge in [-0.1, -0.05) is 32.0 Å². The van der Waals surface area contributed by atoms with E-state index in [-0.39, 0.29) is 40.2 Å². The van der Waals surface area contributed by atoms with E-state index < -0.39 is 0 Å². The normalized spacial score (nSPS) is 15.7. The molecule has 0 unspecified atom stereocenters. The average Bonchev–Trinajstić information content (AvgIpc) is 3.38. The van der Waals surface area contributed by atoms with Gasteiger partial charge in [0.15, 0.2) is 10.3 Å². The van der Waals surface area contributed by atoms with Crippen LogP contribution in [0.5, 0.6) is 5.75 Å². The third-order valence-corrected chi connectivity index (χ3v) is 7.23. The van der Waals surface area contributed by atoms with Crippen LogP contribution in [0.2, 0.25) is 0 Å². The zero-order valence-corrected chi connectivity index (χ0v) is 21.5. The summed E-state index contributed by atoms with van der Waals surface area (Å²) in [7, 11) is 2.01. The minimum absolute atomic E-state index is 0.0482. The molecule has 1 fully saturated rings. The Morgan fingerprint density at radius 1 is 1.20 bits per heavy atom. The second-order valence-corrected chi connectivity index (χ2v) is 11.3. The molecule has 10 nitrogen and oxygen atoms in total. The number of hydrogen-bond donors (Lipinski definition) is 4. The highest BCUT2D eigenvalue weighted by Crippen LogP contribution is 2.40. The second kappa shape index (κ2) is 9.74. The maximum atomic E-state index is 13.0. The molecule has 1 saturated heterocycles. The van der Waals surface area contributed by atoms with Crippen molar-refractivity contribution in [2.45, 2.75) is 33.7 Å². The Balaban J connectivity index is 1.60. The highest BCUT2D eigenvalue weighted by atomic mass is 32.1. The Labute approximate surface area is 208 Å². The number of nitrogens with zero attached hydrogens (tertiary/aromatic N) is 3. The predicted molar refractivity (Wildman–Crippen MR) is 136 cm³/mol. The highest BCUT2D eigenvalue weighted by molar-refractivity contribution is 7.12. The van der Waals surface area contributed by atoms with Gasteiger partial charge in [0.2, 0.25) is 0 Å². The molecular weight excluding hydrogens is 468 g/mol. The van der Waals surface area contributed by atoms with Crippen LogP contribution in [-0.4, -0.2) is 59.2 Å². The Kier molecular flexibility index (Phi) is 6.91. The van der Waals surface area contributed by atoms with Crippen molar-refractivity contribution in [1.29, 1.82) is 0 Å². The van der Waals surface area contributed by atoms with Crippen LogP contribution in [0.25, 0.3) is 0 Å². The first-order valence-corrected chi connectivity index (χ1v) is 12.4. The number of piperazine rings is 1. The van der Waals surface area contributed by atoms with Crippen molar-refractivity contribution in [1.82, 2.24) is 15.0 Å². The largest absolute Gasteiger partial charge is 0.504 e. The van der Waals surface area contributed by atoms with Crippen LogP contribution >= 0.6 is 11.3 Å². The number of aryl methyl sites for hydroxylation is 1. The molecule has 1 aliphatic heterocycles. The Morgan fingerprint density at radius 3 is 2.54 bits per heavy atom. The van der Waals surface area contributed by atoms with Gasteiger partial charge < -0.3 is 20.2 Å². The van der Waals surface area contributed by atoms with Crippen LogP contribution in [0.15, 0.2) is 35.0 Å². The number of anilines is 3. The summed E-state index contributed by atoms with van der Waals surface area (Å²) >= 11 is 1.68. The lowest BCUT2D eigenvalue weighted by Gasteiger charge is -2.32. The van der Waals surface area contributed by atoms with Gasteiger partial charge in [-0.2, -0.15) is 0 Å². The summed E-state index contributed by atoms with van der Waals surface area (Å²) in [6.45, 7) is 11.1. The quantitative estimate of drug-likeness (QED) is 0.378. The molecule has 1 amide bonds. The predicted octanol–water partition coefficient (Wildman–Crippen LogP) is 3.93. The molecule has 0 bridgehead atoms. The van der Waals surface area contributed by atoms with E-state index in [1.807, 2.05) is 7.05 Å². The van der Waals surface area contributed by atoms with Gasteiger partial charge in [-0.3, -0.25) is 10.1 Å². The van der Waals surface area contributed by atoms with Crippen LogP contribution in [0.1, 0.15) is 46.9 Å². The van der Waals surface area contributed by atoms with E-state index in [0.717, 1.165) is 18.0 Å². The molecule has 4 N–H and O–H groups in total. The molecule has 4 rings (SSSR count). The fourth-order valence-corrected chi connectivity index (χ4v) is 5.24. The molecule has 1 aromatic carbocycles. The summed E-state index contributed by atoms with van der Waals surface area (Å²) in [5.74, 6) is -0.0785. The first kappa shape index (κ1) is 24.8. The van der Waals surface area contributed by atoms with Gasteiger partial charge in [-0.05, 0) is 48.6 Å². The van der Waals surface area contributed by atoms with E-state index in [4.69, 9.17) is 4.63 Å². The Hall–Kier alpha value is -3.31. The van der Waals surface area contributed by atoms with Crippen molar-refractivity contribution >= 4 is 34.6 Å². The van der Waals surface area contributed by atoms with Crippen molar-refractivity contribution in [2.75, 3.05) is 43.9 Å². The fourth-order valence-electron chi connectivity index (χ4n) is 4.07. The van der Waals surface area contributed by atoms with Crippen LogP contribution in [0.3, 0.4) is 0 Å². The number of phenolic OH excluding ortho intramolecular Hbond substituents is 1. The smallest absolute Gasteiger partial charge is 0.371 e. The molecule has 2 aromatic heterocycles. The number of aromatic hydroxyl groups is 1. The number of H-pyrrole nitrogens is 1. The van der Waals surface area contributed by atoms with Gasteiger partial charge in [0, 0.05) is 35.9 Å². The van der Waals surface area contributed by atoms with Crippen LogP contribution in [0.4, 0.5) is 17.3 Å². The average molecular weight is 502 g/mol.